The van der Waals surface area contributed by atoms with E-state index in [1.165, 1.54) is 5.56 Å². The van der Waals surface area contributed by atoms with Gasteiger partial charge in [0.2, 0.25) is 5.91 Å². The number of hydrogen-bond donors (Lipinski definition) is 2. The van der Waals surface area contributed by atoms with Gasteiger partial charge in [0.1, 0.15) is 0 Å². The lowest BCUT2D eigenvalue weighted by molar-refractivity contribution is -0.128. The molecular formula is C21H34IN5O2. The molecular weight excluding hydrogens is 481 g/mol. The number of likely N-dealkylation sites (tertiary alicyclic amines) is 1. The van der Waals surface area contributed by atoms with Gasteiger partial charge in [-0.25, -0.2) is 4.99 Å². The summed E-state index contributed by atoms with van der Waals surface area (Å²) in [7, 11) is 0. The number of benzene rings is 1. The van der Waals surface area contributed by atoms with Crippen LogP contribution in [0.1, 0.15) is 30.9 Å². The maximum Gasteiger partial charge on any atom is 0.241 e. The van der Waals surface area contributed by atoms with Crippen molar-refractivity contribution in [1.29, 1.82) is 0 Å². The fraction of sp³-hybridized carbons (Fsp3) is 0.619. The van der Waals surface area contributed by atoms with E-state index in [0.717, 1.165) is 70.9 Å². The van der Waals surface area contributed by atoms with Crippen LogP contribution >= 0.6 is 24.0 Å². The van der Waals surface area contributed by atoms with Gasteiger partial charge >= 0.3 is 0 Å². The molecule has 0 bridgehead atoms. The zero-order valence-corrected chi connectivity index (χ0v) is 19.7. The lowest BCUT2D eigenvalue weighted by Gasteiger charge is -2.26. The Morgan fingerprint density at radius 2 is 1.69 bits per heavy atom. The number of carbonyl (C=O) groups is 1. The number of halogens is 1. The molecule has 1 aromatic rings. The fourth-order valence-electron chi connectivity index (χ4n) is 3.52. The molecule has 0 saturated carbocycles. The van der Waals surface area contributed by atoms with Crippen LogP contribution in [0.3, 0.4) is 0 Å². The zero-order chi connectivity index (χ0) is 19.6. The Morgan fingerprint density at radius 3 is 2.34 bits per heavy atom. The second-order valence-corrected chi connectivity index (χ2v) is 7.34. The second kappa shape index (κ2) is 13.0. The van der Waals surface area contributed by atoms with Crippen LogP contribution in [0.2, 0.25) is 0 Å². The van der Waals surface area contributed by atoms with Gasteiger partial charge in [-0.05, 0) is 30.9 Å². The van der Waals surface area contributed by atoms with Crippen LogP contribution in [0, 0.1) is 0 Å². The number of ether oxygens (including phenoxy) is 1. The van der Waals surface area contributed by atoms with Crippen molar-refractivity contribution in [2.45, 2.75) is 32.9 Å². The van der Waals surface area contributed by atoms with Crippen molar-refractivity contribution in [2.24, 2.45) is 4.99 Å². The smallest absolute Gasteiger partial charge is 0.241 e. The molecule has 0 unspecified atom stereocenters. The van der Waals surface area contributed by atoms with Gasteiger partial charge in [-0.15, -0.1) is 24.0 Å². The Balaban J connectivity index is 0.00000300. The molecule has 1 aromatic carbocycles. The number of amides is 1. The first-order valence-electron chi connectivity index (χ1n) is 10.4. The topological polar surface area (TPSA) is 69.2 Å². The normalized spacial score (nSPS) is 17.7. The lowest BCUT2D eigenvalue weighted by Crippen LogP contribution is -2.44. The summed E-state index contributed by atoms with van der Waals surface area (Å²) in [5, 5.41) is 6.38. The molecule has 0 aliphatic carbocycles. The molecule has 3 rings (SSSR count). The third kappa shape index (κ3) is 8.10. The predicted octanol–water partition coefficient (Wildman–Crippen LogP) is 1.81. The third-order valence-electron chi connectivity index (χ3n) is 5.16. The maximum absolute atomic E-state index is 12.2. The van der Waals surface area contributed by atoms with Crippen molar-refractivity contribution in [3.63, 3.8) is 0 Å². The van der Waals surface area contributed by atoms with E-state index >= 15 is 0 Å². The van der Waals surface area contributed by atoms with E-state index in [1.54, 1.807) is 0 Å². The van der Waals surface area contributed by atoms with Crippen molar-refractivity contribution in [2.75, 3.05) is 52.5 Å². The molecule has 2 N–H and O–H groups in total. The van der Waals surface area contributed by atoms with Gasteiger partial charge in [0.15, 0.2) is 5.96 Å². The molecule has 8 heteroatoms. The molecule has 2 heterocycles. The molecule has 0 radical (unpaired) electrons. The van der Waals surface area contributed by atoms with Gasteiger partial charge < -0.3 is 20.3 Å². The summed E-state index contributed by atoms with van der Waals surface area (Å²) < 4.78 is 5.40. The van der Waals surface area contributed by atoms with Crippen LogP contribution in [-0.2, 0) is 22.6 Å². The summed E-state index contributed by atoms with van der Waals surface area (Å²) in [5.74, 6) is 0.836. The van der Waals surface area contributed by atoms with Crippen LogP contribution in [0.15, 0.2) is 29.3 Å². The number of rotatable bonds is 7. The molecule has 0 aromatic heterocycles. The van der Waals surface area contributed by atoms with E-state index < -0.39 is 0 Å². The van der Waals surface area contributed by atoms with Gasteiger partial charge in [0.25, 0.3) is 0 Å². The Kier molecular flexibility index (Phi) is 10.7. The molecule has 0 atom stereocenters. The Bertz CT molecular complexity index is 641. The minimum absolute atomic E-state index is 0. The van der Waals surface area contributed by atoms with E-state index in [-0.39, 0.29) is 29.9 Å². The first kappa shape index (κ1) is 23.9. The van der Waals surface area contributed by atoms with Crippen LogP contribution < -0.4 is 10.6 Å². The summed E-state index contributed by atoms with van der Waals surface area (Å²) in [6.07, 6.45) is 2.23. The van der Waals surface area contributed by atoms with E-state index in [0.29, 0.717) is 19.0 Å². The predicted molar refractivity (Wildman–Crippen MR) is 127 cm³/mol. The molecule has 29 heavy (non-hydrogen) atoms. The molecule has 162 valence electrons. The number of guanidine groups is 1. The van der Waals surface area contributed by atoms with Crippen LogP contribution in [0.4, 0.5) is 0 Å². The highest BCUT2D eigenvalue weighted by atomic mass is 127. The molecule has 2 saturated heterocycles. The minimum Gasteiger partial charge on any atom is -0.379 e. The van der Waals surface area contributed by atoms with E-state index in [1.807, 2.05) is 11.8 Å². The fourth-order valence-corrected chi connectivity index (χ4v) is 3.52. The van der Waals surface area contributed by atoms with Crippen molar-refractivity contribution < 1.29 is 9.53 Å². The van der Waals surface area contributed by atoms with Crippen molar-refractivity contribution in [3.05, 3.63) is 35.4 Å². The Labute approximate surface area is 191 Å². The van der Waals surface area contributed by atoms with Crippen LogP contribution in [0.25, 0.3) is 0 Å². The highest BCUT2D eigenvalue weighted by Gasteiger charge is 2.17. The van der Waals surface area contributed by atoms with E-state index in [9.17, 15) is 4.79 Å². The van der Waals surface area contributed by atoms with Gasteiger partial charge in [-0.3, -0.25) is 9.69 Å². The molecule has 2 aliphatic rings. The Morgan fingerprint density at radius 1 is 1.03 bits per heavy atom. The van der Waals surface area contributed by atoms with Gasteiger partial charge in [-0.2, -0.15) is 0 Å². The number of hydrogen-bond acceptors (Lipinski definition) is 4. The van der Waals surface area contributed by atoms with Gasteiger partial charge in [0.05, 0.1) is 26.3 Å². The largest absolute Gasteiger partial charge is 0.379 e. The SMILES string of the molecule is CCNC(=NCc1ccc(CN2CCOCC2)cc1)NCC(=O)N1CCCC1.I. The van der Waals surface area contributed by atoms with E-state index in [2.05, 4.69) is 44.8 Å². The standard InChI is InChI=1S/C21H33N5O2.HI/c1-2-22-21(24-16-20(27)26-9-3-4-10-26)23-15-18-5-7-19(8-6-18)17-25-11-13-28-14-12-25;/h5-8H,2-4,9-17H2,1H3,(H2,22,23,24);1H. The summed E-state index contributed by atoms with van der Waals surface area (Å²) in [4.78, 5) is 21.2. The number of aliphatic imine (C=N–C) groups is 1. The quantitative estimate of drug-likeness (QED) is 0.330. The summed E-state index contributed by atoms with van der Waals surface area (Å²) in [6, 6.07) is 8.63. The Hall–Kier alpha value is -1.39. The van der Waals surface area contributed by atoms with Crippen molar-refractivity contribution >= 4 is 35.8 Å². The monoisotopic (exact) mass is 515 g/mol. The molecule has 7 nitrogen and oxygen atoms in total. The van der Waals surface area contributed by atoms with Crippen molar-refractivity contribution in [3.8, 4) is 0 Å². The van der Waals surface area contributed by atoms with Crippen LogP contribution in [0.5, 0.6) is 0 Å². The second-order valence-electron chi connectivity index (χ2n) is 7.34. The first-order valence-corrected chi connectivity index (χ1v) is 10.4. The number of carbonyl (C=O) groups excluding carboxylic acids is 1. The van der Waals surface area contributed by atoms with Crippen molar-refractivity contribution in [1.82, 2.24) is 20.4 Å². The summed E-state index contributed by atoms with van der Waals surface area (Å²) >= 11 is 0. The number of nitrogens with zero attached hydrogens (tertiary/aromatic N) is 3. The molecule has 1 amide bonds. The molecule has 2 aliphatic heterocycles. The molecule has 2 fully saturated rings. The lowest BCUT2D eigenvalue weighted by atomic mass is 10.1. The highest BCUT2D eigenvalue weighted by Crippen LogP contribution is 2.10. The summed E-state index contributed by atoms with van der Waals surface area (Å²) in [5.41, 5.74) is 2.48. The summed E-state index contributed by atoms with van der Waals surface area (Å²) in [6.45, 7) is 10.1. The maximum atomic E-state index is 12.2. The minimum atomic E-state index is 0. The zero-order valence-electron chi connectivity index (χ0n) is 17.4. The van der Waals surface area contributed by atoms with Gasteiger partial charge in [-0.1, -0.05) is 24.3 Å². The number of morpholine rings is 1. The van der Waals surface area contributed by atoms with Gasteiger partial charge in [0, 0.05) is 39.3 Å². The highest BCUT2D eigenvalue weighted by molar-refractivity contribution is 14.0. The first-order chi connectivity index (χ1) is 13.7. The third-order valence-corrected chi connectivity index (χ3v) is 5.16. The average molecular weight is 515 g/mol. The van der Waals surface area contributed by atoms with E-state index in [4.69, 9.17) is 4.74 Å². The average Bonchev–Trinajstić information content (AvgIpc) is 3.27. The van der Waals surface area contributed by atoms with Crippen LogP contribution in [-0.4, -0.2) is 74.1 Å². The number of nitrogens with one attached hydrogen (secondary N) is 2. The molecule has 0 spiro atoms.